The van der Waals surface area contributed by atoms with Gasteiger partial charge in [-0.25, -0.2) is 4.98 Å². The van der Waals surface area contributed by atoms with Gasteiger partial charge in [0.25, 0.3) is 0 Å². The summed E-state index contributed by atoms with van der Waals surface area (Å²) in [4.78, 5) is 4.80. The molecule has 0 saturated heterocycles. The second-order valence-electron chi connectivity index (χ2n) is 6.27. The van der Waals surface area contributed by atoms with Gasteiger partial charge in [-0.2, -0.15) is 0 Å². The number of fused-ring (bicyclic) bond motifs is 1. The molecule has 0 amide bonds. The van der Waals surface area contributed by atoms with E-state index >= 15 is 0 Å². The fraction of sp³-hybridized carbons (Fsp3) is 0.611. The quantitative estimate of drug-likeness (QED) is 0.895. The molecule has 114 valence electrons. The normalized spacial score (nSPS) is 22.8. The minimum atomic E-state index is 0.679. The third-order valence-electron chi connectivity index (χ3n) is 5.02. The maximum atomic E-state index is 4.80. The Hall–Kier alpha value is -1.35. The Morgan fingerprint density at radius 1 is 1.14 bits per heavy atom. The van der Waals surface area contributed by atoms with Crippen molar-refractivity contribution in [3.05, 3.63) is 30.1 Å². The molecule has 1 saturated carbocycles. The van der Waals surface area contributed by atoms with Crippen LogP contribution >= 0.6 is 0 Å². The van der Waals surface area contributed by atoms with Gasteiger partial charge in [0.1, 0.15) is 5.82 Å². The molecule has 1 heterocycles. The highest BCUT2D eigenvalue weighted by atomic mass is 15.1. The molecule has 3 rings (SSSR count). The van der Waals surface area contributed by atoms with E-state index in [1.54, 1.807) is 0 Å². The number of nitrogens with zero attached hydrogens (tertiary/aromatic N) is 2. The summed E-state index contributed by atoms with van der Waals surface area (Å²) in [6.07, 6.45) is 6.77. The zero-order chi connectivity index (χ0) is 14.7. The first-order valence-electron chi connectivity index (χ1n) is 8.49. The molecular formula is C18H27N3. The summed E-state index contributed by atoms with van der Waals surface area (Å²) in [5.41, 5.74) is 2.37. The Bertz CT molecular complexity index is 579. The monoisotopic (exact) mass is 285 g/mol. The van der Waals surface area contributed by atoms with E-state index in [-0.39, 0.29) is 0 Å². The maximum absolute atomic E-state index is 4.80. The third kappa shape index (κ3) is 3.13. The average Bonchev–Trinajstić information content (AvgIpc) is 2.91. The highest BCUT2D eigenvalue weighted by molar-refractivity contribution is 5.75. The van der Waals surface area contributed by atoms with Crippen molar-refractivity contribution in [2.24, 2.45) is 5.92 Å². The van der Waals surface area contributed by atoms with Crippen molar-refractivity contribution in [3.63, 3.8) is 0 Å². The van der Waals surface area contributed by atoms with E-state index in [2.05, 4.69) is 48.0 Å². The second kappa shape index (κ2) is 6.61. The number of nitrogens with one attached hydrogen (secondary N) is 1. The second-order valence-corrected chi connectivity index (χ2v) is 6.27. The zero-order valence-electron chi connectivity index (χ0n) is 13.3. The zero-order valence-corrected chi connectivity index (χ0v) is 13.3. The van der Waals surface area contributed by atoms with Crippen LogP contribution in [0.15, 0.2) is 24.3 Å². The fourth-order valence-corrected chi connectivity index (χ4v) is 3.62. The maximum Gasteiger partial charge on any atom is 0.123 e. The number of para-hydroxylation sites is 2. The summed E-state index contributed by atoms with van der Waals surface area (Å²) in [5, 5.41) is 3.73. The molecule has 0 bridgehead atoms. The molecular weight excluding hydrogens is 258 g/mol. The predicted molar refractivity (Wildman–Crippen MR) is 88.3 cm³/mol. The Kier molecular flexibility index (Phi) is 4.59. The minimum absolute atomic E-state index is 0.679. The summed E-state index contributed by atoms with van der Waals surface area (Å²) in [5.74, 6) is 2.14. The lowest BCUT2D eigenvalue weighted by Gasteiger charge is -2.28. The molecule has 1 aliphatic rings. The van der Waals surface area contributed by atoms with Crippen molar-refractivity contribution in [1.82, 2.24) is 14.9 Å². The Balaban J connectivity index is 1.65. The lowest BCUT2D eigenvalue weighted by Crippen LogP contribution is -2.33. The number of aromatic nitrogens is 2. The van der Waals surface area contributed by atoms with Crippen LogP contribution in [0.1, 0.15) is 51.8 Å². The van der Waals surface area contributed by atoms with E-state index in [1.807, 2.05) is 0 Å². The highest BCUT2D eigenvalue weighted by Gasteiger charge is 2.20. The molecule has 1 N–H and O–H groups in total. The van der Waals surface area contributed by atoms with E-state index in [9.17, 15) is 0 Å². The van der Waals surface area contributed by atoms with Crippen LogP contribution in [-0.2, 0) is 13.1 Å². The van der Waals surface area contributed by atoms with Gasteiger partial charge in [-0.15, -0.1) is 0 Å². The van der Waals surface area contributed by atoms with Crippen LogP contribution in [0.3, 0.4) is 0 Å². The van der Waals surface area contributed by atoms with Crippen molar-refractivity contribution in [2.45, 2.75) is 65.1 Å². The van der Waals surface area contributed by atoms with Gasteiger partial charge in [0.2, 0.25) is 0 Å². The predicted octanol–water partition coefficient (Wildman–Crippen LogP) is 4.11. The Morgan fingerprint density at radius 3 is 2.62 bits per heavy atom. The van der Waals surface area contributed by atoms with Gasteiger partial charge in [0, 0.05) is 12.6 Å². The average molecular weight is 285 g/mol. The molecule has 1 fully saturated rings. The van der Waals surface area contributed by atoms with Crippen molar-refractivity contribution >= 4 is 11.0 Å². The van der Waals surface area contributed by atoms with Gasteiger partial charge in [-0.1, -0.05) is 25.5 Å². The molecule has 21 heavy (non-hydrogen) atoms. The van der Waals surface area contributed by atoms with Gasteiger partial charge < -0.3 is 9.88 Å². The van der Waals surface area contributed by atoms with Crippen molar-refractivity contribution in [3.8, 4) is 0 Å². The van der Waals surface area contributed by atoms with E-state index in [1.165, 1.54) is 43.4 Å². The molecule has 0 spiro atoms. The number of hydrogen-bond acceptors (Lipinski definition) is 2. The van der Waals surface area contributed by atoms with Crippen LogP contribution in [0, 0.1) is 5.92 Å². The Morgan fingerprint density at radius 2 is 1.90 bits per heavy atom. The number of rotatable bonds is 5. The first-order chi connectivity index (χ1) is 10.3. The minimum Gasteiger partial charge on any atom is -0.327 e. The summed E-state index contributed by atoms with van der Waals surface area (Å²) in [6, 6.07) is 9.12. The molecule has 0 unspecified atom stereocenters. The van der Waals surface area contributed by atoms with Gasteiger partial charge in [0.05, 0.1) is 17.6 Å². The molecule has 0 radical (unpaired) electrons. The molecule has 1 aromatic carbocycles. The molecule has 2 aromatic rings. The standard InChI is InChI=1S/C18H27N3/c1-3-14-9-11-15(12-10-14)19-13-18-20-16-7-5-6-8-17(16)21(18)4-2/h5-8,14-15,19H,3-4,9-13H2,1-2H3. The smallest absolute Gasteiger partial charge is 0.123 e. The third-order valence-corrected chi connectivity index (χ3v) is 5.02. The largest absolute Gasteiger partial charge is 0.327 e. The number of benzene rings is 1. The van der Waals surface area contributed by atoms with E-state index < -0.39 is 0 Å². The van der Waals surface area contributed by atoms with Crippen LogP contribution in [0.5, 0.6) is 0 Å². The molecule has 1 aromatic heterocycles. The van der Waals surface area contributed by atoms with Crippen LogP contribution in [0.4, 0.5) is 0 Å². The lowest BCUT2D eigenvalue weighted by molar-refractivity contribution is 0.283. The SMILES string of the molecule is CCC1CCC(NCc2nc3ccccc3n2CC)CC1. The highest BCUT2D eigenvalue weighted by Crippen LogP contribution is 2.26. The van der Waals surface area contributed by atoms with Crippen molar-refractivity contribution < 1.29 is 0 Å². The van der Waals surface area contributed by atoms with Crippen LogP contribution in [-0.4, -0.2) is 15.6 Å². The lowest BCUT2D eigenvalue weighted by atomic mass is 9.84. The Labute approximate surface area is 127 Å². The van der Waals surface area contributed by atoms with E-state index in [0.717, 1.165) is 24.5 Å². The van der Waals surface area contributed by atoms with Crippen molar-refractivity contribution in [1.29, 1.82) is 0 Å². The summed E-state index contributed by atoms with van der Waals surface area (Å²) in [6.45, 7) is 6.40. The molecule has 3 nitrogen and oxygen atoms in total. The van der Waals surface area contributed by atoms with Crippen molar-refractivity contribution in [2.75, 3.05) is 0 Å². The fourth-order valence-electron chi connectivity index (χ4n) is 3.62. The van der Waals surface area contributed by atoms with Gasteiger partial charge >= 0.3 is 0 Å². The topological polar surface area (TPSA) is 29.9 Å². The van der Waals surface area contributed by atoms with Crippen LogP contribution in [0.2, 0.25) is 0 Å². The number of aryl methyl sites for hydroxylation is 1. The van der Waals surface area contributed by atoms with Crippen LogP contribution < -0.4 is 5.32 Å². The van der Waals surface area contributed by atoms with E-state index in [0.29, 0.717) is 6.04 Å². The number of imidazole rings is 1. The van der Waals surface area contributed by atoms with Gasteiger partial charge in [-0.3, -0.25) is 0 Å². The van der Waals surface area contributed by atoms with E-state index in [4.69, 9.17) is 4.98 Å². The summed E-state index contributed by atoms with van der Waals surface area (Å²) < 4.78 is 2.33. The number of hydrogen-bond donors (Lipinski definition) is 1. The summed E-state index contributed by atoms with van der Waals surface area (Å²) >= 11 is 0. The molecule has 3 heteroatoms. The summed E-state index contributed by atoms with van der Waals surface area (Å²) in [7, 11) is 0. The molecule has 0 aliphatic heterocycles. The first-order valence-corrected chi connectivity index (χ1v) is 8.49. The molecule has 1 aliphatic carbocycles. The van der Waals surface area contributed by atoms with Gasteiger partial charge in [0.15, 0.2) is 0 Å². The first kappa shape index (κ1) is 14.6. The molecule has 0 atom stereocenters. The van der Waals surface area contributed by atoms with Gasteiger partial charge in [-0.05, 0) is 50.7 Å². The van der Waals surface area contributed by atoms with Crippen LogP contribution in [0.25, 0.3) is 11.0 Å².